The average molecular weight is 2150 g/mol. The minimum atomic E-state index is -4.39. The molecule has 0 unspecified atom stereocenters. The molecule has 0 atom stereocenters. The van der Waals surface area contributed by atoms with Crippen LogP contribution in [0.4, 0.5) is 65.9 Å². The fourth-order valence-electron chi connectivity index (χ4n) is 13.7. The van der Waals surface area contributed by atoms with Gasteiger partial charge < -0.3 is 23.5 Å². The predicted molar refractivity (Wildman–Crippen MR) is 500 cm³/mol. The van der Waals surface area contributed by atoms with E-state index in [2.05, 4.69) is 94.7 Å². The molecule has 0 radical (unpaired) electrons. The van der Waals surface area contributed by atoms with Gasteiger partial charge >= 0.3 is 42.8 Å². The summed E-state index contributed by atoms with van der Waals surface area (Å²) in [7, 11) is 0. The number of nitrogens with zero attached hydrogens (tertiary/aromatic N) is 6. The van der Waals surface area contributed by atoms with E-state index in [1.807, 2.05) is 18.2 Å². The molecule has 3 heterocycles. The second kappa shape index (κ2) is 46.8. The van der Waals surface area contributed by atoms with Crippen LogP contribution in [0.5, 0.6) is 0 Å². The van der Waals surface area contributed by atoms with Crippen LogP contribution in [0.2, 0.25) is 0 Å². The van der Waals surface area contributed by atoms with Gasteiger partial charge in [-0.25, -0.2) is 10.6 Å². The number of halogens is 18. The summed E-state index contributed by atoms with van der Waals surface area (Å²) in [6, 6.07) is 50.3. The maximum atomic E-state index is 12.8. The molecular formula is C101H92Br3F15N10O11. The summed E-state index contributed by atoms with van der Waals surface area (Å²) >= 11 is 10.0. The van der Waals surface area contributed by atoms with E-state index >= 15 is 0 Å². The Labute approximate surface area is 818 Å². The highest BCUT2D eigenvalue weighted by Crippen LogP contribution is 2.45. The smallest absolute Gasteiger partial charge is 0.416 e. The van der Waals surface area contributed by atoms with Crippen LogP contribution >= 0.6 is 47.8 Å². The topological polar surface area (TPSA) is 322 Å². The molecule has 39 heteroatoms. The molecule has 738 valence electrons. The zero-order chi connectivity index (χ0) is 98.6. The van der Waals surface area contributed by atoms with Gasteiger partial charge in [-0.2, -0.15) is 65.9 Å². The molecule has 140 heavy (non-hydrogen) atoms. The van der Waals surface area contributed by atoms with Gasteiger partial charge in [0.25, 0.3) is 11.8 Å². The van der Waals surface area contributed by atoms with E-state index in [9.17, 15) is 99.7 Å². The van der Waals surface area contributed by atoms with Crippen molar-refractivity contribution in [3.63, 3.8) is 0 Å². The number of alkyl halides is 15. The maximum absolute atomic E-state index is 12.8. The van der Waals surface area contributed by atoms with E-state index < -0.39 is 82.5 Å². The van der Waals surface area contributed by atoms with Crippen molar-refractivity contribution in [2.24, 2.45) is 17.7 Å². The third-order valence-electron chi connectivity index (χ3n) is 22.1. The number of carbonyl (C=O) groups excluding carboxylic acids is 4. The number of hydrazine groups is 2. The van der Waals surface area contributed by atoms with Crippen LogP contribution < -0.4 is 22.1 Å². The number of aromatic carboxylic acids is 1. The molecule has 0 spiro atoms. The third-order valence-corrected chi connectivity index (χ3v) is 23.5. The van der Waals surface area contributed by atoms with Crippen molar-refractivity contribution in [2.75, 3.05) is 0 Å². The Morgan fingerprint density at radius 3 is 0.886 bits per heavy atom. The Morgan fingerprint density at radius 2 is 0.614 bits per heavy atom. The normalized spacial score (nSPS) is 13.8. The highest BCUT2D eigenvalue weighted by molar-refractivity contribution is 9.11. The van der Waals surface area contributed by atoms with E-state index in [4.69, 9.17) is 24.2 Å². The van der Waals surface area contributed by atoms with E-state index in [1.54, 1.807) is 60.7 Å². The van der Waals surface area contributed by atoms with Crippen LogP contribution in [0.1, 0.15) is 254 Å². The number of Topliss-reactive ketones (excluding diaryl/α,β-unsaturated/α-hetero) is 1. The van der Waals surface area contributed by atoms with Gasteiger partial charge in [-0.05, 0) is 274 Å². The summed E-state index contributed by atoms with van der Waals surface area (Å²) in [5.74, 6) is 5.81. The maximum Gasteiger partial charge on any atom is 0.416 e. The second-order valence-corrected chi connectivity index (χ2v) is 35.6. The summed E-state index contributed by atoms with van der Waals surface area (Å²) in [5, 5.41) is 41.9. The molecule has 0 bridgehead atoms. The lowest BCUT2D eigenvalue weighted by molar-refractivity contribution is -0.139. The first-order chi connectivity index (χ1) is 64.9. The summed E-state index contributed by atoms with van der Waals surface area (Å²) in [5.41, 5.74) is 13.7. The molecule has 3 amide bonds. The van der Waals surface area contributed by atoms with E-state index in [0.717, 1.165) is 152 Å². The predicted octanol–water partition coefficient (Wildman–Crippen LogP) is 26.6. The number of rotatable bonds is 22. The first-order valence-corrected chi connectivity index (χ1v) is 44.8. The van der Waals surface area contributed by atoms with Gasteiger partial charge in [0.05, 0.1) is 39.3 Å². The zero-order valence-corrected chi connectivity index (χ0v) is 76.6. The number of carboxylic acids is 2. The van der Waals surface area contributed by atoms with Gasteiger partial charge in [0.1, 0.15) is 0 Å². The van der Waals surface area contributed by atoms with Gasteiger partial charge in [0.15, 0.2) is 5.78 Å². The molecule has 0 aliphatic heterocycles. The lowest BCUT2D eigenvalue weighted by Gasteiger charge is -2.12. The van der Waals surface area contributed by atoms with Gasteiger partial charge in [-0.15, -0.1) is 30.6 Å². The number of carboxylic acid groups (broad SMARTS) is 2. The fourth-order valence-corrected chi connectivity index (χ4v) is 14.7. The minimum Gasteiger partial charge on any atom is -0.481 e. The number of aliphatic carboxylic acids is 1. The number of hydrogen-bond donors (Lipinski definition) is 6. The van der Waals surface area contributed by atoms with Crippen molar-refractivity contribution in [1.29, 1.82) is 0 Å². The highest BCUT2D eigenvalue weighted by Gasteiger charge is 2.38. The van der Waals surface area contributed by atoms with Gasteiger partial charge in [-0.3, -0.25) is 40.3 Å². The fraction of sp³-hybridized carbons (Fsp3) is 0.287. The standard InChI is InChI=1S/C21H17F3N2O2.C20H15F3N2O3.C19H16BrF3N2O2.C19H14BrF3N2O.C15H12BrF3N2O.C4H6O2.3CH4/c1-12(27)15-6-7-16(10-13-2-8-17(9-3-13)21(22,23)24)18(11-15)20-26-25-19(28-20)14-4-5-14;21-20(22,23)15-7-1-11(2-8-15)9-13-5-6-14(19(26)27)10-16(13)18-25-24-17(28-18)12-3-4-12;20-15-8-5-13(9-11-1-6-14(7-2-11)19(21,22)23)16(10-15)18(27)25-24-17(26)12-3-4-12;20-15-8-5-13(9-11-1-6-14(7-2-11)19(21,22)23)16(10-15)18-25-24-17(26-18)12-3-4-12;16-12-6-3-10(13(8-12)14(22)21-20)7-9-1-4-11(5-2-9)15(17,18)19;5-4(6)3-1-2-3;;;/h2-3,6-9,11,14H,4-5,10H2,1H3;1-2,5-8,10,12H,3-4,9H2,(H,26,27);1-2,5-8,10,12H,3-4,9H2,(H,24,26)(H,25,27);1-2,5-8,10,12H,3-4,9H2;1-6,8H,7,20H2,(H,21,22);3H,1-2H2,(H,5,6);3*1H4. The number of nitrogens with one attached hydrogen (secondary N) is 3. The van der Waals surface area contributed by atoms with Crippen molar-refractivity contribution in [3.8, 4) is 34.4 Å². The lowest BCUT2D eigenvalue weighted by Crippen LogP contribution is -2.42. The molecule has 3 aromatic heterocycles. The number of nitrogens with two attached hydrogens (primary N) is 1. The first kappa shape index (κ1) is 109. The number of amides is 3. The SMILES string of the molecule is C.C.C.CC(=O)c1ccc(Cc2ccc(C(F)(F)F)cc2)c(-c2nnc(C3CC3)o2)c1.FC(F)(F)c1ccc(Cc2ccc(Br)cc2-c2nnc(C3CC3)o2)cc1.NNC(=O)c1cc(Br)ccc1Cc1ccc(C(F)(F)F)cc1.O=C(NNC(=O)C1CC1)c1cc(Br)ccc1Cc1ccc(C(F)(F)F)cc1.O=C(O)C1CC1.O=C(O)c1ccc(Cc2ccc(C(F)(F)F)cc2)c(-c2nnc(C3CC3)o2)c1. The van der Waals surface area contributed by atoms with E-state index in [1.165, 1.54) is 79.7 Å². The van der Waals surface area contributed by atoms with Gasteiger partial charge in [0, 0.05) is 70.5 Å². The van der Waals surface area contributed by atoms with E-state index in [0.29, 0.717) is 143 Å². The molecule has 13 aromatic rings. The summed E-state index contributed by atoms with van der Waals surface area (Å²) in [6.07, 6.45) is -10.5. The summed E-state index contributed by atoms with van der Waals surface area (Å²) in [6.45, 7) is 1.47. The quantitative estimate of drug-likeness (QED) is 0.0121. The van der Waals surface area contributed by atoms with Gasteiger partial charge in [-0.1, -0.05) is 167 Å². The average Bonchev–Trinajstić information content (AvgIpc) is 1.61. The molecule has 5 fully saturated rings. The Kier molecular flexibility index (Phi) is 36.5. The minimum absolute atomic E-state index is 0. The number of carbonyl (C=O) groups is 6. The van der Waals surface area contributed by atoms with Crippen molar-refractivity contribution in [3.05, 3.63) is 349 Å². The van der Waals surface area contributed by atoms with Crippen LogP contribution in [0.3, 0.4) is 0 Å². The number of hydrogen-bond acceptors (Lipinski definition) is 16. The monoisotopic (exact) mass is 2140 g/mol. The first-order valence-electron chi connectivity index (χ1n) is 42.4. The largest absolute Gasteiger partial charge is 0.481 e. The number of aromatic nitrogens is 6. The number of nitrogen functional groups attached to an aromatic ring is 1. The molecule has 18 rings (SSSR count). The molecular weight excluding hydrogens is 2050 g/mol. The molecule has 10 aromatic carbocycles. The summed E-state index contributed by atoms with van der Waals surface area (Å²) < 4.78 is 210. The highest BCUT2D eigenvalue weighted by atomic mass is 79.9. The zero-order valence-electron chi connectivity index (χ0n) is 71.8. The van der Waals surface area contributed by atoms with Crippen molar-refractivity contribution < 1.29 is 118 Å². The van der Waals surface area contributed by atoms with Crippen LogP contribution in [0.25, 0.3) is 34.4 Å². The van der Waals surface area contributed by atoms with Crippen LogP contribution in [0.15, 0.2) is 239 Å². The number of ketones is 1. The molecule has 5 aliphatic rings. The Morgan fingerprint density at radius 1 is 0.343 bits per heavy atom. The van der Waals surface area contributed by atoms with Crippen LogP contribution in [-0.4, -0.2) is 76.2 Å². The molecule has 0 saturated heterocycles. The molecule has 21 nitrogen and oxygen atoms in total. The Bertz CT molecular complexity index is 6330. The third kappa shape index (κ3) is 31.0. The van der Waals surface area contributed by atoms with Crippen molar-refractivity contribution >= 4 is 83.2 Å². The Hall–Kier alpha value is -13.0. The van der Waals surface area contributed by atoms with E-state index in [-0.39, 0.29) is 69.6 Å². The molecule has 5 saturated carbocycles. The Balaban J connectivity index is 0.000000177. The van der Waals surface area contributed by atoms with Crippen molar-refractivity contribution in [2.45, 2.75) is 174 Å². The van der Waals surface area contributed by atoms with Gasteiger partial charge in [0.2, 0.25) is 41.3 Å². The number of benzene rings is 10. The second-order valence-electron chi connectivity index (χ2n) is 32.8. The van der Waals surface area contributed by atoms with Crippen LogP contribution in [0, 0.1) is 11.8 Å². The van der Waals surface area contributed by atoms with Crippen LogP contribution in [-0.2, 0) is 72.6 Å². The summed E-state index contributed by atoms with van der Waals surface area (Å²) in [4.78, 5) is 68.7. The lowest BCUT2D eigenvalue weighted by atomic mass is 9.96. The molecule has 5 aliphatic carbocycles. The molecule has 7 N–H and O–H groups in total. The van der Waals surface area contributed by atoms with Crippen molar-refractivity contribution in [1.82, 2.24) is 46.9 Å².